The van der Waals surface area contributed by atoms with E-state index in [4.69, 9.17) is 13.6 Å². The van der Waals surface area contributed by atoms with Gasteiger partial charge in [-0.05, 0) is 49.1 Å². The van der Waals surface area contributed by atoms with E-state index in [1.165, 1.54) is 17.3 Å². The van der Waals surface area contributed by atoms with Gasteiger partial charge in [-0.25, -0.2) is 9.59 Å². The fourth-order valence-electron chi connectivity index (χ4n) is 3.64. The summed E-state index contributed by atoms with van der Waals surface area (Å²) in [5.74, 6) is 1.18. The van der Waals surface area contributed by atoms with Crippen molar-refractivity contribution in [3.8, 4) is 11.5 Å². The van der Waals surface area contributed by atoms with E-state index in [0.717, 1.165) is 5.56 Å². The Morgan fingerprint density at radius 1 is 1.11 bits per heavy atom. The Hall–Kier alpha value is -3.53. The van der Waals surface area contributed by atoms with Gasteiger partial charge in [0.1, 0.15) is 17.6 Å². The second-order valence-electron chi connectivity index (χ2n) is 9.08. The number of nitrogens with one attached hydrogen (secondary N) is 2. The SMILES string of the molecule is CCOC(=O)C1=C(CSc2nnc(-c3ccc(C(C)(C)C)cc3)o2)NC(=O)NC1c1ccc(C)o1. The molecule has 4 rings (SSSR count). The van der Waals surface area contributed by atoms with Gasteiger partial charge in [0.05, 0.1) is 12.2 Å². The van der Waals surface area contributed by atoms with E-state index in [1.54, 1.807) is 26.0 Å². The number of benzene rings is 1. The van der Waals surface area contributed by atoms with Crippen LogP contribution < -0.4 is 10.6 Å². The van der Waals surface area contributed by atoms with Gasteiger partial charge in [0.15, 0.2) is 0 Å². The summed E-state index contributed by atoms with van der Waals surface area (Å²) in [4.78, 5) is 25.2. The monoisotopic (exact) mass is 496 g/mol. The maximum Gasteiger partial charge on any atom is 0.338 e. The lowest BCUT2D eigenvalue weighted by Crippen LogP contribution is -2.46. The summed E-state index contributed by atoms with van der Waals surface area (Å²) in [6, 6.07) is 10.3. The summed E-state index contributed by atoms with van der Waals surface area (Å²) < 4.78 is 16.8. The molecule has 0 saturated heterocycles. The molecule has 2 amide bonds. The highest BCUT2D eigenvalue weighted by atomic mass is 32.2. The molecule has 2 aromatic heterocycles. The van der Waals surface area contributed by atoms with Crippen molar-refractivity contribution in [1.82, 2.24) is 20.8 Å². The first kappa shape index (κ1) is 24.6. The molecule has 2 N–H and O–H groups in total. The zero-order chi connectivity index (χ0) is 25.2. The number of amides is 2. The molecule has 0 radical (unpaired) electrons. The maximum absolute atomic E-state index is 12.8. The van der Waals surface area contributed by atoms with E-state index in [1.807, 2.05) is 24.3 Å². The van der Waals surface area contributed by atoms with Crippen LogP contribution in [0.15, 0.2) is 61.7 Å². The summed E-state index contributed by atoms with van der Waals surface area (Å²) in [7, 11) is 0. The predicted molar refractivity (Wildman–Crippen MR) is 131 cm³/mol. The van der Waals surface area contributed by atoms with Crippen molar-refractivity contribution in [2.24, 2.45) is 0 Å². The van der Waals surface area contributed by atoms with Crippen molar-refractivity contribution in [2.75, 3.05) is 12.4 Å². The van der Waals surface area contributed by atoms with Crippen LogP contribution in [0, 0.1) is 6.92 Å². The van der Waals surface area contributed by atoms with Gasteiger partial charge in [-0.2, -0.15) is 0 Å². The van der Waals surface area contributed by atoms with E-state index in [-0.39, 0.29) is 23.3 Å². The Labute approximate surface area is 207 Å². The summed E-state index contributed by atoms with van der Waals surface area (Å²) in [5.41, 5.74) is 2.73. The highest BCUT2D eigenvalue weighted by Gasteiger charge is 2.35. The van der Waals surface area contributed by atoms with Gasteiger partial charge in [-0.1, -0.05) is 44.7 Å². The molecule has 10 heteroatoms. The number of carbonyl (C=O) groups excluding carboxylic acids is 2. The van der Waals surface area contributed by atoms with Crippen LogP contribution in [-0.2, 0) is 14.9 Å². The van der Waals surface area contributed by atoms with Crippen molar-refractivity contribution in [3.63, 3.8) is 0 Å². The van der Waals surface area contributed by atoms with Gasteiger partial charge in [-0.15, -0.1) is 10.2 Å². The molecule has 0 saturated carbocycles. The van der Waals surface area contributed by atoms with E-state index >= 15 is 0 Å². The lowest BCUT2D eigenvalue weighted by atomic mass is 9.87. The molecule has 3 heterocycles. The largest absolute Gasteiger partial charge is 0.464 e. The van der Waals surface area contributed by atoms with Crippen LogP contribution >= 0.6 is 11.8 Å². The Morgan fingerprint density at radius 2 is 1.86 bits per heavy atom. The third-order valence-electron chi connectivity index (χ3n) is 5.44. The lowest BCUT2D eigenvalue weighted by Gasteiger charge is -2.27. The number of ether oxygens (including phenoxy) is 1. The molecular weight excluding hydrogens is 468 g/mol. The van der Waals surface area contributed by atoms with Gasteiger partial charge in [0.2, 0.25) is 5.89 Å². The standard InChI is InChI=1S/C25H28N4O5S/c1-6-32-22(30)19-17(26-23(31)27-20(19)18-12-7-14(2)33-18)13-35-24-29-28-21(34-24)15-8-10-16(11-9-15)25(3,4)5/h7-12,20H,6,13H2,1-5H3,(H2,26,27,31). The lowest BCUT2D eigenvalue weighted by molar-refractivity contribution is -0.139. The summed E-state index contributed by atoms with van der Waals surface area (Å²) >= 11 is 1.21. The first-order valence-corrected chi connectivity index (χ1v) is 12.3. The first-order chi connectivity index (χ1) is 16.7. The van der Waals surface area contributed by atoms with Crippen LogP contribution in [0.2, 0.25) is 0 Å². The van der Waals surface area contributed by atoms with Gasteiger partial charge in [-0.3, -0.25) is 0 Å². The molecule has 3 aromatic rings. The Bertz CT molecular complexity index is 1250. The number of rotatable bonds is 7. The van der Waals surface area contributed by atoms with Crippen molar-refractivity contribution >= 4 is 23.8 Å². The number of hydrogen-bond donors (Lipinski definition) is 2. The number of aryl methyl sites for hydroxylation is 1. The minimum absolute atomic E-state index is 0.0459. The molecule has 0 fully saturated rings. The molecule has 0 aliphatic carbocycles. The van der Waals surface area contributed by atoms with Crippen LogP contribution in [0.5, 0.6) is 0 Å². The third-order valence-corrected chi connectivity index (χ3v) is 6.28. The van der Waals surface area contributed by atoms with E-state index in [9.17, 15) is 9.59 Å². The number of thioether (sulfide) groups is 1. The Kier molecular flexibility index (Phi) is 7.02. The topological polar surface area (TPSA) is 119 Å². The van der Waals surface area contributed by atoms with Crippen molar-refractivity contribution in [2.45, 2.75) is 51.3 Å². The molecule has 1 atom stereocenters. The molecule has 0 bridgehead atoms. The predicted octanol–water partition coefficient (Wildman–Crippen LogP) is 4.90. The van der Waals surface area contributed by atoms with Crippen LogP contribution in [-0.4, -0.2) is 34.6 Å². The van der Waals surface area contributed by atoms with Crippen LogP contribution in [0.4, 0.5) is 4.79 Å². The summed E-state index contributed by atoms with van der Waals surface area (Å²) in [6.45, 7) is 10.2. The van der Waals surface area contributed by atoms with E-state index in [0.29, 0.717) is 28.3 Å². The second kappa shape index (κ2) is 9.99. The van der Waals surface area contributed by atoms with Crippen LogP contribution in [0.1, 0.15) is 50.8 Å². The van der Waals surface area contributed by atoms with Crippen molar-refractivity contribution in [1.29, 1.82) is 0 Å². The summed E-state index contributed by atoms with van der Waals surface area (Å²) in [6.07, 6.45) is 0. The molecule has 1 aromatic carbocycles. The number of carbonyl (C=O) groups is 2. The van der Waals surface area contributed by atoms with E-state index < -0.39 is 18.0 Å². The summed E-state index contributed by atoms with van der Waals surface area (Å²) in [5, 5.41) is 14.0. The number of hydrogen-bond acceptors (Lipinski definition) is 8. The van der Waals surface area contributed by atoms with Crippen LogP contribution in [0.25, 0.3) is 11.5 Å². The average Bonchev–Trinajstić information content (AvgIpc) is 3.46. The zero-order valence-electron chi connectivity index (χ0n) is 20.3. The molecule has 0 spiro atoms. The number of aromatic nitrogens is 2. The fraction of sp³-hybridized carbons (Fsp3) is 0.360. The minimum atomic E-state index is -0.772. The van der Waals surface area contributed by atoms with Gasteiger partial charge in [0, 0.05) is 17.0 Å². The van der Waals surface area contributed by atoms with Gasteiger partial charge in [0.25, 0.3) is 5.22 Å². The Morgan fingerprint density at radius 3 is 2.49 bits per heavy atom. The minimum Gasteiger partial charge on any atom is -0.464 e. The molecule has 1 aliphatic rings. The number of esters is 1. The van der Waals surface area contributed by atoms with E-state index in [2.05, 4.69) is 41.6 Å². The maximum atomic E-state index is 12.8. The Balaban J connectivity index is 1.56. The second-order valence-corrected chi connectivity index (χ2v) is 10.0. The molecule has 9 nitrogen and oxygen atoms in total. The third kappa shape index (κ3) is 5.59. The average molecular weight is 497 g/mol. The van der Waals surface area contributed by atoms with Crippen molar-refractivity contribution < 1.29 is 23.2 Å². The quantitative estimate of drug-likeness (QED) is 0.350. The highest BCUT2D eigenvalue weighted by Crippen LogP contribution is 2.32. The normalized spacial score (nSPS) is 16.1. The van der Waals surface area contributed by atoms with Crippen LogP contribution in [0.3, 0.4) is 0 Å². The fourth-order valence-corrected chi connectivity index (χ4v) is 4.37. The zero-order valence-corrected chi connectivity index (χ0v) is 21.1. The molecule has 35 heavy (non-hydrogen) atoms. The first-order valence-electron chi connectivity index (χ1n) is 11.3. The van der Waals surface area contributed by atoms with Crippen molar-refractivity contribution in [3.05, 3.63) is 64.8 Å². The molecule has 184 valence electrons. The number of nitrogens with zero attached hydrogens (tertiary/aromatic N) is 2. The number of furan rings is 1. The molecule has 1 aliphatic heterocycles. The van der Waals surface area contributed by atoms with Gasteiger partial charge >= 0.3 is 12.0 Å². The molecular formula is C25H28N4O5S. The smallest absolute Gasteiger partial charge is 0.338 e. The van der Waals surface area contributed by atoms with Gasteiger partial charge < -0.3 is 24.2 Å². The number of urea groups is 1. The highest BCUT2D eigenvalue weighted by molar-refractivity contribution is 7.99. The molecule has 1 unspecified atom stereocenters.